The number of nitrogens with one attached hydrogen (secondary N) is 1. The first-order valence-electron chi connectivity index (χ1n) is 5.55. The van der Waals surface area contributed by atoms with Crippen molar-refractivity contribution in [1.82, 2.24) is 19.5 Å². The van der Waals surface area contributed by atoms with Gasteiger partial charge in [0.25, 0.3) is 5.56 Å². The van der Waals surface area contributed by atoms with Crippen LogP contribution in [0.15, 0.2) is 41.7 Å². The number of aromatic amines is 1. The standard InChI is InChI=1S/C12H7F3N4O/c13-12(14,15)7-1-3-8(4-2-7)19-6-18-10-9(19)11(20)17-5-16-10/h1-6H,(H,16,17,20). The molecule has 0 radical (unpaired) electrons. The first kappa shape index (κ1) is 12.4. The van der Waals surface area contributed by atoms with E-state index >= 15 is 0 Å². The summed E-state index contributed by atoms with van der Waals surface area (Å²) < 4.78 is 38.9. The second kappa shape index (κ2) is 4.19. The Morgan fingerprint density at radius 2 is 1.80 bits per heavy atom. The van der Waals surface area contributed by atoms with Gasteiger partial charge < -0.3 is 4.98 Å². The lowest BCUT2D eigenvalue weighted by atomic mass is 10.2. The van der Waals surface area contributed by atoms with E-state index in [0.29, 0.717) is 5.69 Å². The lowest BCUT2D eigenvalue weighted by Gasteiger charge is -2.08. The van der Waals surface area contributed by atoms with E-state index in [1.165, 1.54) is 29.4 Å². The van der Waals surface area contributed by atoms with Crippen LogP contribution in [0.1, 0.15) is 5.56 Å². The maximum atomic E-state index is 12.5. The monoisotopic (exact) mass is 280 g/mol. The normalized spacial score (nSPS) is 11.9. The summed E-state index contributed by atoms with van der Waals surface area (Å²) >= 11 is 0. The number of nitrogens with zero attached hydrogens (tertiary/aromatic N) is 3. The van der Waals surface area contributed by atoms with Gasteiger partial charge in [-0.2, -0.15) is 13.2 Å². The van der Waals surface area contributed by atoms with Crippen LogP contribution in [0.3, 0.4) is 0 Å². The highest BCUT2D eigenvalue weighted by Gasteiger charge is 2.30. The summed E-state index contributed by atoms with van der Waals surface area (Å²) in [7, 11) is 0. The number of hydrogen-bond acceptors (Lipinski definition) is 3. The van der Waals surface area contributed by atoms with Crippen molar-refractivity contribution >= 4 is 11.2 Å². The number of alkyl halides is 3. The van der Waals surface area contributed by atoms with E-state index in [9.17, 15) is 18.0 Å². The molecular weight excluding hydrogens is 273 g/mol. The quantitative estimate of drug-likeness (QED) is 0.742. The Balaban J connectivity index is 2.15. The fraction of sp³-hybridized carbons (Fsp3) is 0.0833. The largest absolute Gasteiger partial charge is 0.416 e. The molecule has 0 saturated heterocycles. The molecule has 0 spiro atoms. The molecule has 8 heteroatoms. The zero-order chi connectivity index (χ0) is 14.3. The summed E-state index contributed by atoms with van der Waals surface area (Å²) in [5.74, 6) is 0. The van der Waals surface area contributed by atoms with Gasteiger partial charge in [-0.05, 0) is 24.3 Å². The Morgan fingerprint density at radius 1 is 1.10 bits per heavy atom. The van der Waals surface area contributed by atoms with Crippen molar-refractivity contribution in [2.45, 2.75) is 6.18 Å². The second-order valence-corrected chi connectivity index (χ2v) is 4.06. The molecular formula is C12H7F3N4O. The Morgan fingerprint density at radius 3 is 2.45 bits per heavy atom. The van der Waals surface area contributed by atoms with Crippen molar-refractivity contribution in [1.29, 1.82) is 0 Å². The van der Waals surface area contributed by atoms with Gasteiger partial charge in [0.1, 0.15) is 6.33 Å². The molecule has 0 fully saturated rings. The zero-order valence-electron chi connectivity index (χ0n) is 9.85. The van der Waals surface area contributed by atoms with E-state index in [-0.39, 0.29) is 11.2 Å². The number of H-pyrrole nitrogens is 1. The summed E-state index contributed by atoms with van der Waals surface area (Å²) in [4.78, 5) is 21.9. The Bertz CT molecular complexity index is 817. The first-order valence-corrected chi connectivity index (χ1v) is 5.55. The number of benzene rings is 1. The summed E-state index contributed by atoms with van der Waals surface area (Å²) in [6, 6.07) is 4.45. The van der Waals surface area contributed by atoms with E-state index in [1.807, 2.05) is 0 Å². The molecule has 0 aliphatic rings. The molecule has 20 heavy (non-hydrogen) atoms. The minimum atomic E-state index is -4.39. The van der Waals surface area contributed by atoms with Gasteiger partial charge >= 0.3 is 6.18 Å². The van der Waals surface area contributed by atoms with Crippen molar-refractivity contribution in [3.8, 4) is 5.69 Å². The lowest BCUT2D eigenvalue weighted by Crippen LogP contribution is -2.10. The number of hydrogen-bond donors (Lipinski definition) is 1. The summed E-state index contributed by atoms with van der Waals surface area (Å²) in [5, 5.41) is 0. The molecule has 3 aromatic rings. The molecule has 0 amide bonds. The molecule has 0 aliphatic heterocycles. The van der Waals surface area contributed by atoms with Crippen molar-refractivity contribution < 1.29 is 13.2 Å². The van der Waals surface area contributed by atoms with Gasteiger partial charge in [-0.1, -0.05) is 0 Å². The Kier molecular flexibility index (Phi) is 2.60. The van der Waals surface area contributed by atoms with Gasteiger partial charge in [-0.3, -0.25) is 9.36 Å². The fourth-order valence-electron chi connectivity index (χ4n) is 1.87. The van der Waals surface area contributed by atoms with Crippen molar-refractivity contribution in [3.05, 3.63) is 52.8 Å². The third-order valence-electron chi connectivity index (χ3n) is 2.82. The number of rotatable bonds is 1. The van der Waals surface area contributed by atoms with Gasteiger partial charge in [0.05, 0.1) is 11.9 Å². The number of fused-ring (bicyclic) bond motifs is 1. The van der Waals surface area contributed by atoms with Gasteiger partial charge in [0.2, 0.25) is 0 Å². The van der Waals surface area contributed by atoms with Crippen LogP contribution in [0.5, 0.6) is 0 Å². The lowest BCUT2D eigenvalue weighted by molar-refractivity contribution is -0.137. The van der Waals surface area contributed by atoms with Crippen LogP contribution in [0.25, 0.3) is 16.9 Å². The van der Waals surface area contributed by atoms with Crippen molar-refractivity contribution in [2.75, 3.05) is 0 Å². The van der Waals surface area contributed by atoms with Crippen LogP contribution in [0, 0.1) is 0 Å². The molecule has 2 heterocycles. The van der Waals surface area contributed by atoms with Crippen LogP contribution in [-0.2, 0) is 6.18 Å². The van der Waals surface area contributed by atoms with E-state index in [1.54, 1.807) is 0 Å². The van der Waals surface area contributed by atoms with Crippen LogP contribution >= 0.6 is 0 Å². The highest BCUT2D eigenvalue weighted by Crippen LogP contribution is 2.29. The van der Waals surface area contributed by atoms with E-state index in [4.69, 9.17) is 0 Å². The fourth-order valence-corrected chi connectivity index (χ4v) is 1.87. The molecule has 0 unspecified atom stereocenters. The summed E-state index contributed by atoms with van der Waals surface area (Å²) in [5.41, 5.74) is -0.343. The average Bonchev–Trinajstić information content (AvgIpc) is 2.83. The molecule has 0 saturated carbocycles. The van der Waals surface area contributed by atoms with Crippen LogP contribution < -0.4 is 5.56 Å². The number of halogens is 3. The SMILES string of the molecule is O=c1[nH]cnc2ncn(-c3ccc(C(F)(F)F)cc3)c12. The third-order valence-corrected chi connectivity index (χ3v) is 2.82. The predicted molar refractivity (Wildman–Crippen MR) is 64.5 cm³/mol. The smallest absolute Gasteiger partial charge is 0.311 e. The molecule has 0 atom stereocenters. The second-order valence-electron chi connectivity index (χ2n) is 4.06. The molecule has 1 aromatic carbocycles. The van der Waals surface area contributed by atoms with Crippen LogP contribution in [0.4, 0.5) is 13.2 Å². The molecule has 0 aliphatic carbocycles. The minimum Gasteiger partial charge on any atom is -0.311 e. The van der Waals surface area contributed by atoms with E-state index in [2.05, 4.69) is 15.0 Å². The van der Waals surface area contributed by atoms with E-state index < -0.39 is 17.3 Å². The van der Waals surface area contributed by atoms with Crippen LogP contribution in [-0.4, -0.2) is 19.5 Å². The molecule has 102 valence electrons. The van der Waals surface area contributed by atoms with Gasteiger partial charge in [0.15, 0.2) is 11.2 Å². The summed E-state index contributed by atoms with van der Waals surface area (Å²) in [6.07, 6.45) is -1.83. The van der Waals surface area contributed by atoms with Gasteiger partial charge in [-0.15, -0.1) is 0 Å². The Hall–Kier alpha value is -2.64. The molecule has 0 bridgehead atoms. The Labute approximate surface area is 109 Å². The summed E-state index contributed by atoms with van der Waals surface area (Å²) in [6.45, 7) is 0. The van der Waals surface area contributed by atoms with Gasteiger partial charge in [-0.25, -0.2) is 9.97 Å². The van der Waals surface area contributed by atoms with Crippen LogP contribution in [0.2, 0.25) is 0 Å². The highest BCUT2D eigenvalue weighted by atomic mass is 19.4. The molecule has 3 rings (SSSR count). The zero-order valence-corrected chi connectivity index (χ0v) is 9.85. The number of imidazole rings is 1. The highest BCUT2D eigenvalue weighted by molar-refractivity contribution is 5.71. The van der Waals surface area contributed by atoms with Crippen molar-refractivity contribution in [2.24, 2.45) is 0 Å². The number of aromatic nitrogens is 4. The first-order chi connectivity index (χ1) is 9.47. The van der Waals surface area contributed by atoms with Gasteiger partial charge in [0, 0.05) is 5.69 Å². The maximum Gasteiger partial charge on any atom is 0.416 e. The third kappa shape index (κ3) is 1.94. The molecule has 1 N–H and O–H groups in total. The molecule has 5 nitrogen and oxygen atoms in total. The van der Waals surface area contributed by atoms with E-state index in [0.717, 1.165) is 12.1 Å². The topological polar surface area (TPSA) is 63.6 Å². The molecule has 2 aromatic heterocycles. The maximum absolute atomic E-state index is 12.5. The average molecular weight is 280 g/mol. The van der Waals surface area contributed by atoms with Crippen molar-refractivity contribution in [3.63, 3.8) is 0 Å². The predicted octanol–water partition coefficient (Wildman–Crippen LogP) is 2.13. The minimum absolute atomic E-state index is 0.187.